The Hall–Kier alpha value is -4.60. The molecule has 0 bridgehead atoms. The van der Waals surface area contributed by atoms with Gasteiger partial charge in [0, 0.05) is 11.3 Å². The molecule has 0 saturated heterocycles. The quantitative estimate of drug-likeness (QED) is 0.317. The van der Waals surface area contributed by atoms with Crippen LogP contribution >= 0.6 is 0 Å². The first-order valence-corrected chi connectivity index (χ1v) is 9.09. The maximum atomic E-state index is 13.1. The standard InChI is InChI=1S/C21H15FN6O3/c22-14-8-10-15(11-9-14)25-19-18(28(30)31)20(24-12-23-19)26-27-21(29)17-7-3-5-13-4-1-2-6-16(13)17/h1-12H,(H,27,29)(H2,23,24,25,26). The molecule has 0 aliphatic rings. The molecule has 0 atom stereocenters. The van der Waals surface area contributed by atoms with Gasteiger partial charge in [-0.15, -0.1) is 0 Å². The van der Waals surface area contributed by atoms with Crippen molar-refractivity contribution in [2.75, 3.05) is 10.7 Å². The van der Waals surface area contributed by atoms with Crippen molar-refractivity contribution in [2.24, 2.45) is 0 Å². The summed E-state index contributed by atoms with van der Waals surface area (Å²) in [6, 6.07) is 17.9. The number of nitrogens with zero attached hydrogens (tertiary/aromatic N) is 3. The second-order valence-electron chi connectivity index (χ2n) is 6.41. The Morgan fingerprint density at radius 1 is 0.935 bits per heavy atom. The van der Waals surface area contributed by atoms with E-state index in [9.17, 15) is 19.3 Å². The van der Waals surface area contributed by atoms with E-state index < -0.39 is 22.3 Å². The van der Waals surface area contributed by atoms with Gasteiger partial charge in [-0.3, -0.25) is 25.8 Å². The highest BCUT2D eigenvalue weighted by Gasteiger charge is 2.24. The van der Waals surface area contributed by atoms with Crippen molar-refractivity contribution in [1.29, 1.82) is 0 Å². The van der Waals surface area contributed by atoms with Gasteiger partial charge in [0.25, 0.3) is 5.91 Å². The number of halogens is 1. The lowest BCUT2D eigenvalue weighted by Crippen LogP contribution is -2.30. The van der Waals surface area contributed by atoms with Gasteiger partial charge in [-0.25, -0.2) is 14.4 Å². The molecule has 0 fully saturated rings. The number of benzene rings is 3. The lowest BCUT2D eigenvalue weighted by molar-refractivity contribution is -0.383. The van der Waals surface area contributed by atoms with Crippen molar-refractivity contribution < 1.29 is 14.1 Å². The van der Waals surface area contributed by atoms with Gasteiger partial charge in [0.2, 0.25) is 11.6 Å². The zero-order valence-corrected chi connectivity index (χ0v) is 15.9. The van der Waals surface area contributed by atoms with Gasteiger partial charge in [0.05, 0.1) is 4.92 Å². The number of fused-ring (bicyclic) bond motifs is 1. The van der Waals surface area contributed by atoms with Crippen LogP contribution in [0.3, 0.4) is 0 Å². The molecule has 3 N–H and O–H groups in total. The zero-order valence-electron chi connectivity index (χ0n) is 15.9. The van der Waals surface area contributed by atoms with Gasteiger partial charge >= 0.3 is 5.69 Å². The van der Waals surface area contributed by atoms with Gasteiger partial charge in [-0.05, 0) is 41.1 Å². The van der Waals surface area contributed by atoms with Gasteiger partial charge < -0.3 is 5.32 Å². The number of nitro groups is 1. The zero-order chi connectivity index (χ0) is 21.8. The summed E-state index contributed by atoms with van der Waals surface area (Å²) < 4.78 is 13.1. The largest absolute Gasteiger partial charge is 0.355 e. The number of amides is 1. The average molecular weight is 418 g/mol. The van der Waals surface area contributed by atoms with Crippen LogP contribution in [0, 0.1) is 15.9 Å². The van der Waals surface area contributed by atoms with Crippen molar-refractivity contribution in [3.8, 4) is 0 Å². The molecule has 0 unspecified atom stereocenters. The van der Waals surface area contributed by atoms with E-state index in [0.29, 0.717) is 11.3 Å². The SMILES string of the molecule is O=C(NNc1ncnc(Nc2ccc(F)cc2)c1[N+](=O)[O-])c1cccc2ccccc12. The van der Waals surface area contributed by atoms with E-state index in [0.717, 1.165) is 17.1 Å². The maximum absolute atomic E-state index is 13.1. The van der Waals surface area contributed by atoms with E-state index in [1.54, 1.807) is 12.1 Å². The summed E-state index contributed by atoms with van der Waals surface area (Å²) in [6.45, 7) is 0. The van der Waals surface area contributed by atoms with Crippen LogP contribution < -0.4 is 16.2 Å². The fourth-order valence-electron chi connectivity index (χ4n) is 3.01. The summed E-state index contributed by atoms with van der Waals surface area (Å²) in [7, 11) is 0. The smallest absolute Gasteiger partial charge is 0.334 e. The first-order chi connectivity index (χ1) is 15.0. The molecule has 0 aliphatic carbocycles. The minimum atomic E-state index is -0.682. The minimum Gasteiger partial charge on any atom is -0.334 e. The summed E-state index contributed by atoms with van der Waals surface area (Å²) in [5.74, 6) is -1.26. The maximum Gasteiger partial charge on any atom is 0.355 e. The van der Waals surface area contributed by atoms with Crippen LogP contribution in [0.4, 0.5) is 27.4 Å². The average Bonchev–Trinajstić information content (AvgIpc) is 2.78. The number of nitrogens with one attached hydrogen (secondary N) is 3. The Kier molecular flexibility index (Phi) is 5.35. The second kappa shape index (κ2) is 8.41. The highest BCUT2D eigenvalue weighted by Crippen LogP contribution is 2.30. The van der Waals surface area contributed by atoms with Crippen LogP contribution in [0.1, 0.15) is 10.4 Å². The molecular weight excluding hydrogens is 403 g/mol. The topological polar surface area (TPSA) is 122 Å². The lowest BCUT2D eigenvalue weighted by Gasteiger charge is -2.12. The molecule has 31 heavy (non-hydrogen) atoms. The predicted octanol–water partition coefficient (Wildman–Crippen LogP) is 4.18. The lowest BCUT2D eigenvalue weighted by atomic mass is 10.0. The Morgan fingerprint density at radius 3 is 2.42 bits per heavy atom. The number of hydrogen-bond donors (Lipinski definition) is 3. The molecule has 1 heterocycles. The fraction of sp³-hybridized carbons (Fsp3) is 0. The van der Waals surface area contributed by atoms with Gasteiger partial charge in [-0.2, -0.15) is 0 Å². The molecule has 4 aromatic rings. The molecule has 0 radical (unpaired) electrons. The van der Waals surface area contributed by atoms with Gasteiger partial charge in [0.1, 0.15) is 12.1 Å². The molecule has 1 aromatic heterocycles. The number of anilines is 3. The number of aromatic nitrogens is 2. The van der Waals surface area contributed by atoms with Crippen molar-refractivity contribution in [3.05, 3.63) is 94.6 Å². The Bertz CT molecular complexity index is 1270. The normalized spacial score (nSPS) is 10.5. The van der Waals surface area contributed by atoms with E-state index >= 15 is 0 Å². The molecule has 4 rings (SSSR count). The highest BCUT2D eigenvalue weighted by molar-refractivity contribution is 6.07. The molecule has 0 spiro atoms. The Labute approximate surface area is 175 Å². The first kappa shape index (κ1) is 19.7. The van der Waals surface area contributed by atoms with Crippen molar-refractivity contribution >= 4 is 39.7 Å². The number of carbonyl (C=O) groups excluding carboxylic acids is 1. The van der Waals surface area contributed by atoms with Crippen LogP contribution in [0.2, 0.25) is 0 Å². The van der Waals surface area contributed by atoms with Crippen LogP contribution in [-0.2, 0) is 0 Å². The highest BCUT2D eigenvalue weighted by atomic mass is 19.1. The van der Waals surface area contributed by atoms with Crippen LogP contribution in [0.15, 0.2) is 73.1 Å². The van der Waals surface area contributed by atoms with E-state index in [4.69, 9.17) is 0 Å². The first-order valence-electron chi connectivity index (χ1n) is 9.09. The van der Waals surface area contributed by atoms with Crippen LogP contribution in [0.25, 0.3) is 10.8 Å². The van der Waals surface area contributed by atoms with E-state index in [1.807, 2.05) is 30.3 Å². The van der Waals surface area contributed by atoms with Crippen molar-refractivity contribution in [3.63, 3.8) is 0 Å². The number of hydrogen-bond acceptors (Lipinski definition) is 7. The molecular formula is C21H15FN6O3. The molecule has 0 saturated carbocycles. The van der Waals surface area contributed by atoms with E-state index in [1.165, 1.54) is 24.3 Å². The second-order valence-corrected chi connectivity index (χ2v) is 6.41. The third-order valence-electron chi connectivity index (χ3n) is 4.44. The van der Waals surface area contributed by atoms with Crippen molar-refractivity contribution in [1.82, 2.24) is 15.4 Å². The third kappa shape index (κ3) is 4.22. The molecule has 1 amide bonds. The molecule has 3 aromatic carbocycles. The Morgan fingerprint density at radius 2 is 1.65 bits per heavy atom. The summed E-state index contributed by atoms with van der Waals surface area (Å²) >= 11 is 0. The number of carbonyl (C=O) groups is 1. The Balaban J connectivity index is 1.58. The minimum absolute atomic E-state index is 0.117. The van der Waals surface area contributed by atoms with E-state index in [-0.39, 0.29) is 11.6 Å². The summed E-state index contributed by atoms with van der Waals surface area (Å²) in [5, 5.41) is 16.0. The number of hydrazine groups is 1. The van der Waals surface area contributed by atoms with E-state index in [2.05, 4.69) is 26.1 Å². The van der Waals surface area contributed by atoms with Crippen molar-refractivity contribution in [2.45, 2.75) is 0 Å². The van der Waals surface area contributed by atoms with Crippen LogP contribution in [0.5, 0.6) is 0 Å². The molecule has 9 nitrogen and oxygen atoms in total. The summed E-state index contributed by atoms with van der Waals surface area (Å²) in [6.07, 6.45) is 1.10. The summed E-state index contributed by atoms with van der Waals surface area (Å²) in [4.78, 5) is 31.4. The third-order valence-corrected chi connectivity index (χ3v) is 4.44. The number of rotatable bonds is 6. The molecule has 154 valence electrons. The van der Waals surface area contributed by atoms with Gasteiger partial charge in [0.15, 0.2) is 0 Å². The fourth-order valence-corrected chi connectivity index (χ4v) is 3.01. The monoisotopic (exact) mass is 418 g/mol. The predicted molar refractivity (Wildman–Crippen MR) is 113 cm³/mol. The van der Waals surface area contributed by atoms with Crippen LogP contribution in [-0.4, -0.2) is 20.8 Å². The molecule has 0 aliphatic heterocycles. The molecule has 10 heteroatoms. The summed E-state index contributed by atoms with van der Waals surface area (Å²) in [5.41, 5.74) is 5.25. The van der Waals surface area contributed by atoms with Gasteiger partial charge in [-0.1, -0.05) is 36.4 Å².